The molecular formula is C11H12N4O2S5. The summed E-state index contributed by atoms with van der Waals surface area (Å²) in [5.74, 6) is -0.882. The molecule has 0 aliphatic heterocycles. The van der Waals surface area contributed by atoms with Gasteiger partial charge in [-0.15, -0.1) is 0 Å². The Balaban J connectivity index is 0.000000235. The van der Waals surface area contributed by atoms with E-state index >= 15 is 0 Å². The number of aromatic nitrogens is 4. The zero-order valence-electron chi connectivity index (χ0n) is 11.3. The lowest BCUT2D eigenvalue weighted by molar-refractivity contribution is -0.133. The summed E-state index contributed by atoms with van der Waals surface area (Å²) in [5.41, 5.74) is 1.01. The zero-order valence-corrected chi connectivity index (χ0v) is 15.3. The number of carboxylic acid groups (broad SMARTS) is 1. The van der Waals surface area contributed by atoms with E-state index < -0.39 is 5.97 Å². The van der Waals surface area contributed by atoms with E-state index in [1.807, 2.05) is 6.92 Å². The molecule has 0 aliphatic rings. The van der Waals surface area contributed by atoms with Crippen LogP contribution in [0, 0.1) is 25.7 Å². The Labute approximate surface area is 150 Å². The van der Waals surface area contributed by atoms with E-state index in [1.54, 1.807) is 12.3 Å². The molecule has 11 heteroatoms. The second kappa shape index (κ2) is 9.10. The number of hydrogen-bond acceptors (Lipinski definition) is 6. The molecule has 0 amide bonds. The van der Waals surface area contributed by atoms with Crippen molar-refractivity contribution in [1.29, 1.82) is 0 Å². The highest BCUT2D eigenvalue weighted by molar-refractivity contribution is 7.99. The highest BCUT2D eigenvalue weighted by atomic mass is 32.2. The van der Waals surface area contributed by atoms with Crippen LogP contribution in [0.25, 0.3) is 0 Å². The van der Waals surface area contributed by atoms with Crippen LogP contribution in [-0.2, 0) is 4.79 Å². The van der Waals surface area contributed by atoms with Crippen LogP contribution in [0.4, 0.5) is 0 Å². The van der Waals surface area contributed by atoms with Gasteiger partial charge in [0, 0.05) is 12.3 Å². The molecule has 0 radical (unpaired) electrons. The third-order valence-electron chi connectivity index (χ3n) is 2.09. The number of aliphatic carboxylic acids is 1. The maximum Gasteiger partial charge on any atom is 0.313 e. The largest absolute Gasteiger partial charge is 0.481 e. The third kappa shape index (κ3) is 7.22. The molecule has 0 aromatic carbocycles. The number of rotatable bonds is 3. The summed E-state index contributed by atoms with van der Waals surface area (Å²) in [4.78, 5) is 21.4. The first kappa shape index (κ1) is 18.9. The Bertz CT molecular complexity index is 851. The van der Waals surface area contributed by atoms with Gasteiger partial charge in [-0.2, -0.15) is 0 Å². The Hall–Kier alpha value is -1.14. The van der Waals surface area contributed by atoms with Crippen LogP contribution in [0.2, 0.25) is 0 Å². The molecule has 22 heavy (non-hydrogen) atoms. The zero-order chi connectivity index (χ0) is 16.7. The lowest BCUT2D eigenvalue weighted by Crippen LogP contribution is -1.98. The molecule has 6 nitrogen and oxygen atoms in total. The minimum atomic E-state index is -0.872. The molecule has 2 heterocycles. The fourth-order valence-electron chi connectivity index (χ4n) is 1.14. The second-order valence-electron chi connectivity index (χ2n) is 3.89. The van der Waals surface area contributed by atoms with E-state index in [1.165, 1.54) is 0 Å². The average molecular weight is 393 g/mol. The van der Waals surface area contributed by atoms with Crippen molar-refractivity contribution in [3.8, 4) is 0 Å². The first-order valence-electron chi connectivity index (χ1n) is 5.75. The molecule has 0 fully saturated rings. The molecule has 0 saturated heterocycles. The van der Waals surface area contributed by atoms with Crippen LogP contribution < -0.4 is 0 Å². The summed E-state index contributed by atoms with van der Waals surface area (Å²) in [6.07, 6.45) is 1.79. The number of H-pyrrole nitrogens is 4. The third-order valence-corrected chi connectivity index (χ3v) is 4.08. The normalized spacial score (nSPS) is 9.68. The van der Waals surface area contributed by atoms with Gasteiger partial charge >= 0.3 is 5.97 Å². The van der Waals surface area contributed by atoms with Crippen molar-refractivity contribution in [2.45, 2.75) is 11.9 Å². The van der Waals surface area contributed by atoms with Gasteiger partial charge in [0.25, 0.3) is 0 Å². The number of nitrogens with one attached hydrogen (secondary N) is 4. The lowest BCUT2D eigenvalue weighted by atomic mass is 10.4. The van der Waals surface area contributed by atoms with E-state index in [4.69, 9.17) is 54.0 Å². The fraction of sp³-hybridized carbons (Fsp3) is 0.182. The average Bonchev–Trinajstić information content (AvgIpc) is 2.41. The van der Waals surface area contributed by atoms with Crippen LogP contribution in [0.5, 0.6) is 0 Å². The predicted molar refractivity (Wildman–Crippen MR) is 96.7 cm³/mol. The van der Waals surface area contributed by atoms with Gasteiger partial charge in [0.05, 0.1) is 10.8 Å². The Kier molecular flexibility index (Phi) is 7.82. The monoisotopic (exact) mass is 392 g/mol. The molecular weight excluding hydrogens is 380 g/mol. The van der Waals surface area contributed by atoms with Crippen LogP contribution >= 0.6 is 60.6 Å². The van der Waals surface area contributed by atoms with Crippen molar-refractivity contribution >= 4 is 66.6 Å². The van der Waals surface area contributed by atoms with E-state index in [9.17, 15) is 4.79 Å². The lowest BCUT2D eigenvalue weighted by Gasteiger charge is -1.97. The van der Waals surface area contributed by atoms with Gasteiger partial charge in [-0.05, 0) is 36.9 Å². The Morgan fingerprint density at radius 2 is 1.86 bits per heavy atom. The topological polar surface area (TPSA) is 100 Å². The van der Waals surface area contributed by atoms with Crippen molar-refractivity contribution in [3.05, 3.63) is 36.6 Å². The number of carboxylic acids is 1. The summed E-state index contributed by atoms with van der Waals surface area (Å²) < 4.78 is 2.18. The Morgan fingerprint density at radius 3 is 2.36 bits per heavy atom. The summed E-state index contributed by atoms with van der Waals surface area (Å²) in [6, 6.07) is 1.64. The number of aromatic amines is 4. The van der Waals surface area contributed by atoms with Crippen molar-refractivity contribution in [1.82, 2.24) is 19.9 Å². The highest BCUT2D eigenvalue weighted by Crippen LogP contribution is 2.13. The van der Waals surface area contributed by atoms with E-state index in [0.29, 0.717) is 23.8 Å². The van der Waals surface area contributed by atoms with Crippen molar-refractivity contribution in [2.24, 2.45) is 0 Å². The second-order valence-corrected chi connectivity index (χ2v) is 6.57. The number of aryl methyl sites for hydroxylation is 1. The van der Waals surface area contributed by atoms with E-state index in [0.717, 1.165) is 17.3 Å². The molecule has 2 aromatic heterocycles. The molecule has 2 aromatic rings. The molecule has 2 rings (SSSR count). The van der Waals surface area contributed by atoms with Gasteiger partial charge in [-0.25, -0.2) is 0 Å². The van der Waals surface area contributed by atoms with Crippen LogP contribution in [0.3, 0.4) is 0 Å². The fourth-order valence-corrected chi connectivity index (χ4v) is 2.83. The van der Waals surface area contributed by atoms with E-state index in [-0.39, 0.29) is 5.75 Å². The molecule has 0 aliphatic carbocycles. The van der Waals surface area contributed by atoms with Gasteiger partial charge in [0.2, 0.25) is 0 Å². The maximum absolute atomic E-state index is 10.2. The molecule has 0 unspecified atom stereocenters. The van der Waals surface area contributed by atoms with Gasteiger partial charge in [0.1, 0.15) is 9.28 Å². The number of carbonyl (C=O) groups is 1. The predicted octanol–water partition coefficient (Wildman–Crippen LogP) is 4.09. The SMILES string of the molecule is Cc1c[nH]c(=S)[nH]c1=S.O=C(O)CSc1cc(=S)[nH]c(=S)[nH]1. The molecule has 0 atom stereocenters. The minimum absolute atomic E-state index is 0.00986. The smallest absolute Gasteiger partial charge is 0.313 e. The minimum Gasteiger partial charge on any atom is -0.481 e. The number of thioether (sulfide) groups is 1. The van der Waals surface area contributed by atoms with Gasteiger partial charge in [0.15, 0.2) is 9.54 Å². The molecule has 0 spiro atoms. The highest BCUT2D eigenvalue weighted by Gasteiger charge is 1.99. The van der Waals surface area contributed by atoms with Gasteiger partial charge in [-0.3, -0.25) is 4.79 Å². The van der Waals surface area contributed by atoms with Crippen molar-refractivity contribution < 1.29 is 9.90 Å². The summed E-state index contributed by atoms with van der Waals surface area (Å²) in [5, 5.41) is 9.08. The van der Waals surface area contributed by atoms with Crippen LogP contribution in [-0.4, -0.2) is 36.8 Å². The summed E-state index contributed by atoms with van der Waals surface area (Å²) in [6.45, 7) is 1.92. The molecule has 0 bridgehead atoms. The number of hydrogen-bond donors (Lipinski definition) is 5. The first-order chi connectivity index (χ1) is 10.3. The summed E-state index contributed by atoms with van der Waals surface area (Å²) in [7, 11) is 0. The van der Waals surface area contributed by atoms with Crippen molar-refractivity contribution in [3.63, 3.8) is 0 Å². The quantitative estimate of drug-likeness (QED) is 0.305. The molecule has 5 N–H and O–H groups in total. The van der Waals surface area contributed by atoms with Gasteiger partial charge in [-0.1, -0.05) is 36.2 Å². The Morgan fingerprint density at radius 1 is 1.18 bits per heavy atom. The standard InChI is InChI=1S/C6H6N2O2S3.C5H6N2S2/c9-5(10)2-13-4-1-3(11)7-6(12)8-4;1-3-2-6-5(9)7-4(3)8/h1H,2H2,(H,9,10)(H2,7,8,11,12);2H,1H3,(H2,6,7,8,9). The van der Waals surface area contributed by atoms with Crippen molar-refractivity contribution in [2.75, 3.05) is 5.75 Å². The summed E-state index contributed by atoms with van der Waals surface area (Å²) >= 11 is 20.5. The van der Waals surface area contributed by atoms with E-state index in [2.05, 4.69) is 19.9 Å². The first-order valence-corrected chi connectivity index (χ1v) is 8.36. The van der Waals surface area contributed by atoms with Crippen LogP contribution in [0.1, 0.15) is 5.56 Å². The maximum atomic E-state index is 10.2. The van der Waals surface area contributed by atoms with Gasteiger partial charge < -0.3 is 25.0 Å². The van der Waals surface area contributed by atoms with Crippen LogP contribution in [0.15, 0.2) is 17.3 Å². The molecule has 118 valence electrons. The molecule has 0 saturated carbocycles.